The molecule has 0 saturated carbocycles. The number of hydrogen-bond donors (Lipinski definition) is 1. The van der Waals surface area contributed by atoms with Crippen molar-refractivity contribution in [1.29, 1.82) is 0 Å². The first-order valence-corrected chi connectivity index (χ1v) is 6.60. The van der Waals surface area contributed by atoms with E-state index >= 15 is 0 Å². The second-order valence-electron chi connectivity index (χ2n) is 3.63. The topological polar surface area (TPSA) is 86.2 Å². The van der Waals surface area contributed by atoms with E-state index < -0.39 is 26.4 Å². The van der Waals surface area contributed by atoms with Crippen LogP contribution < -0.4 is 5.73 Å². The second kappa shape index (κ2) is 4.05. The molecular formula is C10H8F2N2O3S. The summed E-state index contributed by atoms with van der Waals surface area (Å²) >= 11 is 0. The summed E-state index contributed by atoms with van der Waals surface area (Å²) in [6, 6.07) is 3.26. The predicted octanol–water partition coefficient (Wildman–Crippen LogP) is 1.61. The molecule has 0 amide bonds. The molecule has 1 heterocycles. The zero-order valence-corrected chi connectivity index (χ0v) is 9.96. The van der Waals surface area contributed by atoms with Gasteiger partial charge in [-0.1, -0.05) is 5.16 Å². The van der Waals surface area contributed by atoms with Crippen molar-refractivity contribution in [3.63, 3.8) is 0 Å². The standard InChI is InChI=1S/C10H8F2N2O3S/c1-18(15,16)7-3-2-5(9(11)10(7)12)6-4-8(13)14-17-6/h2-4H,1H3,(H2,13,14). The molecule has 0 atom stereocenters. The number of halogens is 2. The van der Waals surface area contributed by atoms with Gasteiger partial charge in [0.25, 0.3) is 0 Å². The zero-order chi connectivity index (χ0) is 13.5. The fourth-order valence-corrected chi connectivity index (χ4v) is 2.15. The van der Waals surface area contributed by atoms with Gasteiger partial charge in [0.1, 0.15) is 4.90 Å². The Labute approximate surface area is 101 Å². The van der Waals surface area contributed by atoms with Crippen LogP contribution in [0.5, 0.6) is 0 Å². The molecule has 0 radical (unpaired) electrons. The number of nitrogens with zero attached hydrogens (tertiary/aromatic N) is 1. The van der Waals surface area contributed by atoms with Gasteiger partial charge in [-0.15, -0.1) is 0 Å². The molecular weight excluding hydrogens is 266 g/mol. The highest BCUT2D eigenvalue weighted by molar-refractivity contribution is 7.90. The molecule has 2 N–H and O–H groups in total. The summed E-state index contributed by atoms with van der Waals surface area (Å²) in [7, 11) is -3.84. The first-order chi connectivity index (χ1) is 8.30. The fourth-order valence-electron chi connectivity index (χ4n) is 1.42. The molecule has 5 nitrogen and oxygen atoms in total. The molecule has 1 aromatic heterocycles. The van der Waals surface area contributed by atoms with Crippen LogP contribution >= 0.6 is 0 Å². The van der Waals surface area contributed by atoms with E-state index in [0.29, 0.717) is 0 Å². The summed E-state index contributed by atoms with van der Waals surface area (Å²) in [6.07, 6.45) is 0.789. The Kier molecular flexibility index (Phi) is 2.81. The minimum Gasteiger partial charge on any atom is -0.381 e. The fraction of sp³-hybridized carbons (Fsp3) is 0.100. The molecule has 1 aromatic carbocycles. The predicted molar refractivity (Wildman–Crippen MR) is 59.4 cm³/mol. The van der Waals surface area contributed by atoms with Crippen LogP contribution in [0, 0.1) is 11.6 Å². The lowest BCUT2D eigenvalue weighted by Gasteiger charge is -2.04. The quantitative estimate of drug-likeness (QED) is 0.899. The van der Waals surface area contributed by atoms with Gasteiger partial charge in [-0.25, -0.2) is 17.2 Å². The number of nitrogens with two attached hydrogens (primary N) is 1. The van der Waals surface area contributed by atoms with Crippen molar-refractivity contribution in [2.24, 2.45) is 0 Å². The maximum absolute atomic E-state index is 13.7. The monoisotopic (exact) mass is 274 g/mol. The lowest BCUT2D eigenvalue weighted by molar-refractivity contribution is 0.429. The summed E-state index contributed by atoms with van der Waals surface area (Å²) in [6.45, 7) is 0. The van der Waals surface area contributed by atoms with Crippen LogP contribution in [0.1, 0.15) is 0 Å². The van der Waals surface area contributed by atoms with E-state index in [1.54, 1.807) is 0 Å². The van der Waals surface area contributed by atoms with E-state index in [4.69, 9.17) is 5.73 Å². The summed E-state index contributed by atoms with van der Waals surface area (Å²) in [5, 5.41) is 3.33. The highest BCUT2D eigenvalue weighted by atomic mass is 32.2. The van der Waals surface area contributed by atoms with Crippen molar-refractivity contribution < 1.29 is 21.7 Å². The number of nitrogen functional groups attached to an aromatic ring is 1. The van der Waals surface area contributed by atoms with Crippen molar-refractivity contribution in [1.82, 2.24) is 5.16 Å². The molecule has 0 spiro atoms. The Morgan fingerprint density at radius 1 is 1.28 bits per heavy atom. The molecule has 0 fully saturated rings. The minimum absolute atomic E-state index is 0.0111. The smallest absolute Gasteiger partial charge is 0.178 e. The van der Waals surface area contributed by atoms with Crippen LogP contribution in [-0.4, -0.2) is 19.8 Å². The van der Waals surface area contributed by atoms with Gasteiger partial charge in [0.2, 0.25) is 0 Å². The molecule has 0 saturated heterocycles. The Morgan fingerprint density at radius 3 is 2.44 bits per heavy atom. The molecule has 0 aliphatic rings. The van der Waals surface area contributed by atoms with Crippen LogP contribution in [0.4, 0.5) is 14.6 Å². The van der Waals surface area contributed by atoms with Crippen molar-refractivity contribution in [3.8, 4) is 11.3 Å². The lowest BCUT2D eigenvalue weighted by Crippen LogP contribution is -2.03. The largest absolute Gasteiger partial charge is 0.381 e. The second-order valence-corrected chi connectivity index (χ2v) is 5.61. The molecule has 0 unspecified atom stereocenters. The Bertz CT molecular complexity index is 710. The summed E-state index contributed by atoms with van der Waals surface area (Å²) in [5.74, 6) is -2.85. The van der Waals surface area contributed by atoms with Gasteiger partial charge >= 0.3 is 0 Å². The number of anilines is 1. The van der Waals surface area contributed by atoms with Crippen molar-refractivity contribution in [2.75, 3.05) is 12.0 Å². The summed E-state index contributed by atoms with van der Waals surface area (Å²) in [5.41, 5.74) is 5.04. The minimum atomic E-state index is -3.84. The molecule has 96 valence electrons. The normalized spacial score (nSPS) is 11.7. The molecule has 0 aliphatic carbocycles. The maximum Gasteiger partial charge on any atom is 0.178 e. The number of sulfone groups is 1. The van der Waals surface area contributed by atoms with Crippen LogP contribution in [0.2, 0.25) is 0 Å². The van der Waals surface area contributed by atoms with Gasteiger partial charge in [-0.05, 0) is 12.1 Å². The highest BCUT2D eigenvalue weighted by Gasteiger charge is 2.22. The average Bonchev–Trinajstić information content (AvgIpc) is 2.67. The van der Waals surface area contributed by atoms with Gasteiger partial charge in [-0.3, -0.25) is 0 Å². The average molecular weight is 274 g/mol. The summed E-state index contributed by atoms with van der Waals surface area (Å²) in [4.78, 5) is -0.712. The maximum atomic E-state index is 13.7. The van der Waals surface area contributed by atoms with Crippen molar-refractivity contribution in [2.45, 2.75) is 4.90 Å². The van der Waals surface area contributed by atoms with Gasteiger partial charge in [-0.2, -0.15) is 0 Å². The Hall–Kier alpha value is -1.96. The SMILES string of the molecule is CS(=O)(=O)c1ccc(-c2cc(N)no2)c(F)c1F. The molecule has 18 heavy (non-hydrogen) atoms. The number of aromatic nitrogens is 1. The van der Waals surface area contributed by atoms with Gasteiger partial charge in [0.15, 0.2) is 33.0 Å². The third-order valence-corrected chi connectivity index (χ3v) is 3.35. The lowest BCUT2D eigenvalue weighted by atomic mass is 10.1. The third kappa shape index (κ3) is 2.06. The van der Waals surface area contributed by atoms with E-state index in [1.165, 1.54) is 6.07 Å². The Morgan fingerprint density at radius 2 is 1.94 bits per heavy atom. The van der Waals surface area contributed by atoms with E-state index in [-0.39, 0.29) is 17.1 Å². The van der Waals surface area contributed by atoms with Crippen molar-refractivity contribution >= 4 is 15.7 Å². The number of rotatable bonds is 2. The van der Waals surface area contributed by atoms with E-state index in [1.807, 2.05) is 0 Å². The van der Waals surface area contributed by atoms with E-state index in [2.05, 4.69) is 9.68 Å². The third-order valence-electron chi connectivity index (χ3n) is 2.24. The number of hydrogen-bond acceptors (Lipinski definition) is 5. The van der Waals surface area contributed by atoms with E-state index in [9.17, 15) is 17.2 Å². The Balaban J connectivity index is 2.65. The molecule has 0 bridgehead atoms. The van der Waals surface area contributed by atoms with Gasteiger partial charge in [0.05, 0.1) is 5.56 Å². The number of benzene rings is 1. The first kappa shape index (κ1) is 12.5. The van der Waals surface area contributed by atoms with Gasteiger partial charge < -0.3 is 10.3 Å². The van der Waals surface area contributed by atoms with E-state index in [0.717, 1.165) is 18.4 Å². The van der Waals surface area contributed by atoms with Crippen LogP contribution in [-0.2, 0) is 9.84 Å². The molecule has 2 rings (SSSR count). The van der Waals surface area contributed by atoms with Crippen LogP contribution in [0.3, 0.4) is 0 Å². The summed E-state index contributed by atoms with van der Waals surface area (Å²) < 4.78 is 54.4. The van der Waals surface area contributed by atoms with Gasteiger partial charge in [0, 0.05) is 12.3 Å². The van der Waals surface area contributed by atoms with Crippen LogP contribution in [0.15, 0.2) is 27.6 Å². The molecule has 0 aliphatic heterocycles. The molecule has 8 heteroatoms. The van der Waals surface area contributed by atoms with Crippen molar-refractivity contribution in [3.05, 3.63) is 29.8 Å². The first-order valence-electron chi connectivity index (χ1n) is 4.71. The molecule has 2 aromatic rings. The zero-order valence-electron chi connectivity index (χ0n) is 9.15. The van der Waals surface area contributed by atoms with Crippen LogP contribution in [0.25, 0.3) is 11.3 Å². The highest BCUT2D eigenvalue weighted by Crippen LogP contribution is 2.29.